The van der Waals surface area contributed by atoms with E-state index in [1.54, 1.807) is 43.3 Å². The van der Waals surface area contributed by atoms with Crippen molar-refractivity contribution >= 4 is 34.4 Å². The van der Waals surface area contributed by atoms with Crippen LogP contribution in [0.15, 0.2) is 66.2 Å². The van der Waals surface area contributed by atoms with Crippen molar-refractivity contribution in [3.05, 3.63) is 82.9 Å². The van der Waals surface area contributed by atoms with Crippen LogP contribution in [-0.4, -0.2) is 45.1 Å². The van der Waals surface area contributed by atoms with E-state index < -0.39 is 17.7 Å². The number of nitrogens with one attached hydrogen (secondary N) is 1. The number of aliphatic hydroxyl groups excluding tert-OH is 1. The minimum Gasteiger partial charge on any atom is -0.507 e. The summed E-state index contributed by atoms with van der Waals surface area (Å²) in [7, 11) is 0. The van der Waals surface area contributed by atoms with Crippen LogP contribution in [0, 0.1) is 0 Å². The molecule has 6 rings (SSSR count). The van der Waals surface area contributed by atoms with Crippen LogP contribution in [0.3, 0.4) is 0 Å². The highest BCUT2D eigenvalue weighted by Gasteiger charge is 2.48. The van der Waals surface area contributed by atoms with Gasteiger partial charge in [-0.05, 0) is 60.5 Å². The number of fused-ring (bicyclic) bond motifs is 2. The lowest BCUT2D eigenvalue weighted by Gasteiger charge is -2.23. The molecule has 0 spiro atoms. The number of H-pyrrole nitrogens is 1. The van der Waals surface area contributed by atoms with Gasteiger partial charge in [-0.3, -0.25) is 14.5 Å². The second kappa shape index (κ2) is 8.70. The van der Waals surface area contributed by atoms with Crippen LogP contribution in [0.25, 0.3) is 16.8 Å². The summed E-state index contributed by atoms with van der Waals surface area (Å²) < 4.78 is 11.1. The number of aromatic nitrogens is 2. The predicted molar refractivity (Wildman–Crippen MR) is 136 cm³/mol. The number of para-hydroxylation sites is 2. The van der Waals surface area contributed by atoms with Gasteiger partial charge in [-0.1, -0.05) is 18.2 Å². The summed E-state index contributed by atoms with van der Waals surface area (Å²) in [5.74, 6) is -0.958. The average molecular weight is 498 g/mol. The van der Waals surface area contributed by atoms with Crippen molar-refractivity contribution in [2.24, 2.45) is 0 Å². The van der Waals surface area contributed by atoms with Crippen LogP contribution in [0.5, 0.6) is 17.2 Å². The summed E-state index contributed by atoms with van der Waals surface area (Å²) in [4.78, 5) is 35.8. The van der Waals surface area contributed by atoms with Gasteiger partial charge in [-0.2, -0.15) is 0 Å². The number of aromatic amines is 1. The smallest absolute Gasteiger partial charge is 0.302 e. The summed E-state index contributed by atoms with van der Waals surface area (Å²) in [5, 5.41) is 21.7. The molecule has 1 saturated heterocycles. The lowest BCUT2D eigenvalue weighted by Crippen LogP contribution is -2.30. The SMILES string of the molecule is CCOc1cc(C2/C(=C(\O)c3ccc4c(c3)CCO4)C(=O)C(=O)N2c2nc3ccccc3[nH]2)ccc1O. The number of carbonyl (C=O) groups is 2. The number of hydrogen-bond donors (Lipinski definition) is 3. The van der Waals surface area contributed by atoms with Crippen molar-refractivity contribution in [3.8, 4) is 17.2 Å². The number of benzene rings is 3. The highest BCUT2D eigenvalue weighted by molar-refractivity contribution is 6.51. The summed E-state index contributed by atoms with van der Waals surface area (Å²) in [6, 6.07) is 16.0. The molecule has 4 aromatic rings. The number of carbonyl (C=O) groups excluding carboxylic acids is 2. The Hall–Kier alpha value is -4.79. The molecule has 2 aliphatic rings. The van der Waals surface area contributed by atoms with Crippen LogP contribution < -0.4 is 14.4 Å². The number of ketones is 1. The van der Waals surface area contributed by atoms with Crippen molar-refractivity contribution in [2.75, 3.05) is 18.1 Å². The number of Topliss-reactive ketones (excluding diaryl/α,β-unsaturated/α-hetero) is 1. The number of aromatic hydroxyl groups is 1. The van der Waals surface area contributed by atoms with Crippen molar-refractivity contribution in [1.29, 1.82) is 0 Å². The standard InChI is InChI=1S/C28H23N3O6/c1-2-36-22-14-16(7-9-20(22)32)24-23(25(33)17-8-10-21-15(13-17)11-12-37-21)26(34)27(35)31(24)28-29-18-5-3-4-6-19(18)30-28/h3-10,13-14,24,32-33H,2,11-12H2,1H3,(H,29,30)/b25-23+. The summed E-state index contributed by atoms with van der Waals surface area (Å²) in [6.07, 6.45) is 0.683. The highest BCUT2D eigenvalue weighted by atomic mass is 16.5. The van der Waals surface area contributed by atoms with Crippen LogP contribution in [0.2, 0.25) is 0 Å². The number of hydrogen-bond acceptors (Lipinski definition) is 7. The fourth-order valence-electron chi connectivity index (χ4n) is 4.88. The molecule has 0 saturated carbocycles. The Bertz CT molecular complexity index is 1570. The van der Waals surface area contributed by atoms with Gasteiger partial charge in [0.1, 0.15) is 11.5 Å². The van der Waals surface area contributed by atoms with Gasteiger partial charge in [-0.15, -0.1) is 0 Å². The molecule has 3 N–H and O–H groups in total. The lowest BCUT2D eigenvalue weighted by molar-refractivity contribution is -0.132. The molecule has 1 atom stereocenters. The molecular weight excluding hydrogens is 474 g/mol. The molecular formula is C28H23N3O6. The van der Waals surface area contributed by atoms with Crippen LogP contribution >= 0.6 is 0 Å². The van der Waals surface area contributed by atoms with Gasteiger partial charge in [0.15, 0.2) is 11.5 Å². The number of phenols is 1. The monoisotopic (exact) mass is 497 g/mol. The van der Waals surface area contributed by atoms with E-state index in [1.165, 1.54) is 11.0 Å². The van der Waals surface area contributed by atoms with E-state index >= 15 is 0 Å². The van der Waals surface area contributed by atoms with Gasteiger partial charge in [0.25, 0.3) is 5.78 Å². The number of phenolic OH excluding ortho intramolecular Hbond substituents is 1. The maximum atomic E-state index is 13.5. The largest absolute Gasteiger partial charge is 0.507 e. The Morgan fingerprint density at radius 1 is 1.16 bits per heavy atom. The fraction of sp³-hybridized carbons (Fsp3) is 0.179. The first-order valence-electron chi connectivity index (χ1n) is 11.9. The first-order chi connectivity index (χ1) is 18.0. The van der Waals surface area contributed by atoms with Crippen molar-refractivity contribution in [3.63, 3.8) is 0 Å². The normalized spacial score (nSPS) is 18.3. The van der Waals surface area contributed by atoms with Gasteiger partial charge in [-0.25, -0.2) is 4.98 Å². The van der Waals surface area contributed by atoms with E-state index in [0.717, 1.165) is 11.3 Å². The van der Waals surface area contributed by atoms with Crippen molar-refractivity contribution in [1.82, 2.24) is 9.97 Å². The second-order valence-electron chi connectivity index (χ2n) is 8.83. The van der Waals surface area contributed by atoms with Crippen molar-refractivity contribution in [2.45, 2.75) is 19.4 Å². The quantitative estimate of drug-likeness (QED) is 0.214. The van der Waals surface area contributed by atoms with Gasteiger partial charge in [0.05, 0.1) is 35.9 Å². The third-order valence-electron chi connectivity index (χ3n) is 6.61. The molecule has 0 aliphatic carbocycles. The zero-order valence-electron chi connectivity index (χ0n) is 19.9. The molecule has 186 valence electrons. The zero-order chi connectivity index (χ0) is 25.7. The zero-order valence-corrected chi connectivity index (χ0v) is 19.9. The molecule has 9 heteroatoms. The van der Waals surface area contributed by atoms with E-state index in [9.17, 15) is 19.8 Å². The van der Waals surface area contributed by atoms with E-state index in [1.807, 2.05) is 18.2 Å². The molecule has 3 aromatic carbocycles. The van der Waals surface area contributed by atoms with Crippen molar-refractivity contribution < 1.29 is 29.3 Å². The summed E-state index contributed by atoms with van der Waals surface area (Å²) in [5.41, 5.74) is 3.01. The third kappa shape index (κ3) is 3.67. The number of anilines is 1. The molecule has 9 nitrogen and oxygen atoms in total. The number of ether oxygens (including phenoxy) is 2. The molecule has 1 aromatic heterocycles. The Morgan fingerprint density at radius 2 is 2.00 bits per heavy atom. The lowest BCUT2D eigenvalue weighted by atomic mass is 9.94. The first-order valence-corrected chi connectivity index (χ1v) is 11.9. The van der Waals surface area contributed by atoms with Crippen LogP contribution in [0.1, 0.15) is 29.7 Å². The van der Waals surface area contributed by atoms with Gasteiger partial charge >= 0.3 is 5.91 Å². The number of imidazole rings is 1. The number of aliphatic hydroxyl groups is 1. The molecule has 1 amide bonds. The summed E-state index contributed by atoms with van der Waals surface area (Å²) in [6.45, 7) is 2.63. The highest BCUT2D eigenvalue weighted by Crippen LogP contribution is 2.44. The maximum absolute atomic E-state index is 13.5. The first kappa shape index (κ1) is 22.7. The molecule has 0 bridgehead atoms. The van der Waals surface area contributed by atoms with E-state index in [0.29, 0.717) is 41.8 Å². The Morgan fingerprint density at radius 3 is 2.81 bits per heavy atom. The molecule has 0 radical (unpaired) electrons. The second-order valence-corrected chi connectivity index (χ2v) is 8.83. The minimum atomic E-state index is -1.02. The number of nitrogens with zero attached hydrogens (tertiary/aromatic N) is 2. The molecule has 1 fully saturated rings. The van der Waals surface area contributed by atoms with E-state index in [4.69, 9.17) is 9.47 Å². The van der Waals surface area contributed by atoms with E-state index in [-0.39, 0.29) is 28.8 Å². The van der Waals surface area contributed by atoms with Gasteiger partial charge in [0, 0.05) is 12.0 Å². The number of rotatable bonds is 5. The Kier molecular flexibility index (Phi) is 5.33. The molecule has 37 heavy (non-hydrogen) atoms. The van der Waals surface area contributed by atoms with E-state index in [2.05, 4.69) is 9.97 Å². The average Bonchev–Trinajstić information content (AvgIpc) is 3.61. The minimum absolute atomic E-state index is 0.0788. The Labute approximate surface area is 211 Å². The fourth-order valence-corrected chi connectivity index (χ4v) is 4.88. The predicted octanol–water partition coefficient (Wildman–Crippen LogP) is 4.23. The van der Waals surface area contributed by atoms with Gasteiger partial charge in [0.2, 0.25) is 5.95 Å². The van der Waals surface area contributed by atoms with Crippen LogP contribution in [-0.2, 0) is 16.0 Å². The van der Waals surface area contributed by atoms with Crippen LogP contribution in [0.4, 0.5) is 5.95 Å². The molecule has 1 unspecified atom stereocenters. The maximum Gasteiger partial charge on any atom is 0.302 e. The molecule has 2 aliphatic heterocycles. The Balaban J connectivity index is 1.56. The topological polar surface area (TPSA) is 125 Å². The molecule has 3 heterocycles. The summed E-state index contributed by atoms with van der Waals surface area (Å²) >= 11 is 0. The number of amides is 1. The third-order valence-corrected chi connectivity index (χ3v) is 6.61. The van der Waals surface area contributed by atoms with Gasteiger partial charge < -0.3 is 24.7 Å².